The van der Waals surface area contributed by atoms with Gasteiger partial charge >= 0.3 is 5.97 Å². The number of aliphatic hydroxyl groups is 4. The van der Waals surface area contributed by atoms with E-state index in [0.717, 1.165) is 0 Å². The van der Waals surface area contributed by atoms with E-state index in [2.05, 4.69) is 25.9 Å². The van der Waals surface area contributed by atoms with Crippen LogP contribution in [0.4, 0.5) is 11.4 Å². The molecule has 0 atom stereocenters. The number of hydrogen-bond donors (Lipinski definition) is 8. The van der Waals surface area contributed by atoms with Gasteiger partial charge in [-0.15, -0.1) is 0 Å². The van der Waals surface area contributed by atoms with E-state index in [0.29, 0.717) is 19.3 Å². The van der Waals surface area contributed by atoms with E-state index in [1.807, 2.05) is 0 Å². The fraction of sp³-hybridized carbons (Fsp3) is 0.310. The fourth-order valence-electron chi connectivity index (χ4n) is 4.08. The third kappa shape index (κ3) is 9.93. The first kappa shape index (κ1) is 32.8. The number of aliphatic hydroxyl groups excluding tert-OH is 4. The maximum absolute atomic E-state index is 13.1. The summed E-state index contributed by atoms with van der Waals surface area (Å²) >= 11 is 0. The molecule has 0 bridgehead atoms. The van der Waals surface area contributed by atoms with Crippen LogP contribution in [0.5, 0.6) is 0 Å². The van der Waals surface area contributed by atoms with Gasteiger partial charge in [0.1, 0.15) is 0 Å². The van der Waals surface area contributed by atoms with Crippen molar-refractivity contribution in [3.8, 4) is 0 Å². The molecule has 14 nitrogen and oxygen atoms in total. The predicted octanol–water partition coefficient (Wildman–Crippen LogP) is 1.33. The van der Waals surface area contributed by atoms with Crippen molar-refractivity contribution in [2.75, 3.05) is 17.2 Å². The predicted molar refractivity (Wildman–Crippen MR) is 153 cm³/mol. The van der Waals surface area contributed by atoms with Gasteiger partial charge in [-0.05, 0) is 55.3 Å². The number of unbranched alkanes of at least 4 members (excludes halogenated alkanes) is 2. The number of carboxylic acid groups (broad SMARTS) is 1. The summed E-state index contributed by atoms with van der Waals surface area (Å²) in [5, 5.41) is 54.6. The quantitative estimate of drug-likeness (QED) is 0.117. The molecule has 8 N–H and O–H groups in total. The molecular weight excluding hydrogens is 562 g/mol. The van der Waals surface area contributed by atoms with Gasteiger partial charge in [-0.1, -0.05) is 6.42 Å². The van der Waals surface area contributed by atoms with Crippen LogP contribution in [-0.4, -0.2) is 65.7 Å². The van der Waals surface area contributed by atoms with Crippen LogP contribution in [0.3, 0.4) is 0 Å². The zero-order valence-corrected chi connectivity index (χ0v) is 23.2. The number of nitrogens with zero attached hydrogens (tertiary/aromatic N) is 2. The molecular formula is C29H33N5O9. The van der Waals surface area contributed by atoms with E-state index in [4.69, 9.17) is 5.11 Å². The topological polar surface area (TPSA) is 231 Å². The zero-order chi connectivity index (χ0) is 31.4. The maximum atomic E-state index is 13.1. The Morgan fingerprint density at radius 2 is 0.977 bits per heavy atom. The first-order chi connectivity index (χ1) is 20.6. The van der Waals surface area contributed by atoms with Crippen LogP contribution in [0.1, 0.15) is 79.5 Å². The fourth-order valence-corrected chi connectivity index (χ4v) is 4.08. The van der Waals surface area contributed by atoms with Crippen LogP contribution in [0.15, 0.2) is 42.5 Å². The van der Waals surface area contributed by atoms with Crippen LogP contribution in [0, 0.1) is 0 Å². The number of carbonyl (C=O) groups excluding carboxylic acids is 3. The lowest BCUT2D eigenvalue weighted by Crippen LogP contribution is -2.25. The van der Waals surface area contributed by atoms with E-state index >= 15 is 0 Å². The summed E-state index contributed by atoms with van der Waals surface area (Å²) in [6.45, 7) is -1.56. The Labute approximate surface area is 246 Å². The minimum atomic E-state index is -0.892. The molecule has 0 radical (unpaired) electrons. The van der Waals surface area contributed by atoms with E-state index in [1.54, 1.807) is 0 Å². The Kier molecular flexibility index (Phi) is 12.2. The molecule has 3 aromatic rings. The van der Waals surface area contributed by atoms with E-state index in [1.165, 1.54) is 42.5 Å². The normalized spacial score (nSPS) is 10.7. The van der Waals surface area contributed by atoms with Crippen molar-refractivity contribution in [2.24, 2.45) is 0 Å². The number of amides is 3. The first-order valence-electron chi connectivity index (χ1n) is 13.4. The van der Waals surface area contributed by atoms with Crippen LogP contribution < -0.4 is 16.0 Å². The summed E-state index contributed by atoms with van der Waals surface area (Å²) in [6.07, 6.45) is 1.65. The Morgan fingerprint density at radius 1 is 0.558 bits per heavy atom. The Bertz CT molecular complexity index is 1350. The molecule has 0 fully saturated rings. The van der Waals surface area contributed by atoms with Gasteiger partial charge in [0.15, 0.2) is 0 Å². The number of rotatable bonds is 15. The summed E-state index contributed by atoms with van der Waals surface area (Å²) in [7, 11) is 0. The van der Waals surface area contributed by atoms with Gasteiger partial charge < -0.3 is 41.5 Å². The van der Waals surface area contributed by atoms with Gasteiger partial charge in [-0.25, -0.2) is 0 Å². The molecule has 0 saturated heterocycles. The number of hydrogen-bond acceptors (Lipinski definition) is 10. The van der Waals surface area contributed by atoms with Crippen molar-refractivity contribution in [3.63, 3.8) is 0 Å². The number of carboxylic acids is 1. The monoisotopic (exact) mass is 595 g/mol. The SMILES string of the molecule is O=C(O)CCCCCNC(=O)c1cc(NC(=O)c2cc(CO)nc(CO)c2)cc(NC(=O)c2cc(CO)nc(CO)c2)c1. The van der Waals surface area contributed by atoms with E-state index < -0.39 is 50.1 Å². The summed E-state index contributed by atoms with van der Waals surface area (Å²) in [4.78, 5) is 57.8. The van der Waals surface area contributed by atoms with Gasteiger partial charge in [0.25, 0.3) is 17.7 Å². The number of aliphatic carboxylic acids is 1. The Morgan fingerprint density at radius 3 is 1.37 bits per heavy atom. The zero-order valence-electron chi connectivity index (χ0n) is 23.2. The second-order valence-electron chi connectivity index (χ2n) is 9.48. The molecule has 0 aliphatic heterocycles. The highest BCUT2D eigenvalue weighted by molar-refractivity contribution is 6.08. The van der Waals surface area contributed by atoms with Gasteiger partial charge in [-0.2, -0.15) is 0 Å². The number of carbonyl (C=O) groups is 4. The van der Waals surface area contributed by atoms with Crippen molar-refractivity contribution in [3.05, 3.63) is 81.9 Å². The van der Waals surface area contributed by atoms with Gasteiger partial charge in [0, 0.05) is 41.0 Å². The smallest absolute Gasteiger partial charge is 0.303 e. The maximum Gasteiger partial charge on any atom is 0.303 e. The summed E-state index contributed by atoms with van der Waals surface area (Å²) in [5.41, 5.74) is 1.25. The second kappa shape index (κ2) is 16.0. The molecule has 0 saturated carbocycles. The molecule has 3 rings (SSSR count). The summed E-state index contributed by atoms with van der Waals surface area (Å²) < 4.78 is 0. The largest absolute Gasteiger partial charge is 0.481 e. The van der Waals surface area contributed by atoms with Crippen LogP contribution >= 0.6 is 0 Å². The van der Waals surface area contributed by atoms with Crippen molar-refractivity contribution >= 4 is 35.1 Å². The third-order valence-electron chi connectivity index (χ3n) is 6.10. The number of benzene rings is 1. The highest BCUT2D eigenvalue weighted by Crippen LogP contribution is 2.22. The van der Waals surface area contributed by atoms with E-state index in [-0.39, 0.29) is 63.8 Å². The molecule has 0 spiro atoms. The Balaban J connectivity index is 1.86. The number of nitrogens with one attached hydrogen (secondary N) is 3. The van der Waals surface area contributed by atoms with Gasteiger partial charge in [0.05, 0.1) is 49.2 Å². The molecule has 2 aromatic heterocycles. The van der Waals surface area contributed by atoms with Gasteiger partial charge in [0.2, 0.25) is 0 Å². The summed E-state index contributed by atoms with van der Waals surface area (Å²) in [5.74, 6) is -2.66. The van der Waals surface area contributed by atoms with Crippen LogP contribution in [-0.2, 0) is 31.2 Å². The molecule has 2 heterocycles. The Hall–Kier alpha value is -4.76. The minimum Gasteiger partial charge on any atom is -0.481 e. The number of aromatic nitrogens is 2. The van der Waals surface area contributed by atoms with Crippen molar-refractivity contribution in [1.82, 2.24) is 15.3 Å². The summed E-state index contributed by atoms with van der Waals surface area (Å²) in [6, 6.07) is 9.60. The molecule has 0 aliphatic rings. The number of pyridine rings is 2. The minimum absolute atomic E-state index is 0.0346. The third-order valence-corrected chi connectivity index (χ3v) is 6.10. The molecule has 14 heteroatoms. The molecule has 1 aromatic carbocycles. The van der Waals surface area contributed by atoms with Gasteiger partial charge in [-0.3, -0.25) is 29.1 Å². The van der Waals surface area contributed by atoms with Crippen LogP contribution in [0.2, 0.25) is 0 Å². The van der Waals surface area contributed by atoms with E-state index in [9.17, 15) is 39.6 Å². The van der Waals surface area contributed by atoms with Crippen molar-refractivity contribution in [2.45, 2.75) is 52.1 Å². The van der Waals surface area contributed by atoms with Crippen molar-refractivity contribution < 1.29 is 44.7 Å². The number of anilines is 2. The first-order valence-corrected chi connectivity index (χ1v) is 13.4. The molecule has 43 heavy (non-hydrogen) atoms. The average Bonchev–Trinajstić information content (AvgIpc) is 3.01. The van der Waals surface area contributed by atoms with Crippen molar-refractivity contribution in [1.29, 1.82) is 0 Å². The van der Waals surface area contributed by atoms with Crippen LogP contribution in [0.25, 0.3) is 0 Å². The molecule has 228 valence electrons. The molecule has 0 aliphatic carbocycles. The standard InChI is InChI=1S/C29H33N5O9/c35-13-22-8-18(9-23(14-36)31-22)28(42)33-20-6-17(27(41)30-5-3-1-2-4-26(39)40)7-21(12-20)34-29(43)19-10-24(15-37)32-25(11-19)16-38/h6-12,35-38H,1-5,13-16H2,(H,30,41)(H,33,42)(H,34,43)(H,39,40). The highest BCUT2D eigenvalue weighted by Gasteiger charge is 2.16. The average molecular weight is 596 g/mol. The second-order valence-corrected chi connectivity index (χ2v) is 9.48. The lowest BCUT2D eigenvalue weighted by Gasteiger charge is -2.14. The lowest BCUT2D eigenvalue weighted by molar-refractivity contribution is -0.137. The molecule has 0 unspecified atom stereocenters. The molecule has 3 amide bonds. The lowest BCUT2D eigenvalue weighted by atomic mass is 10.1. The highest BCUT2D eigenvalue weighted by atomic mass is 16.4.